The van der Waals surface area contributed by atoms with Crippen LogP contribution in [0.4, 0.5) is 30.6 Å². The van der Waals surface area contributed by atoms with Crippen LogP contribution in [0, 0.1) is 6.92 Å². The number of hydrogen-bond acceptors (Lipinski definition) is 7. The van der Waals surface area contributed by atoms with E-state index in [0.717, 1.165) is 36.1 Å². The molecule has 1 N–H and O–H groups in total. The Balaban J connectivity index is 1.25. The molecule has 1 fully saturated rings. The molecule has 1 atom stereocenters. The van der Waals surface area contributed by atoms with Crippen LogP contribution in [0.5, 0.6) is 5.75 Å². The van der Waals surface area contributed by atoms with Crippen LogP contribution in [-0.4, -0.2) is 52.6 Å². The molecular formula is C22H25F3N6O2. The molecule has 176 valence electrons. The highest BCUT2D eigenvalue weighted by molar-refractivity contribution is 6.05. The number of carbonyl (C=O) groups excluding carboxylic acids is 1. The zero-order valence-electron chi connectivity index (χ0n) is 18.6. The smallest absolute Gasteiger partial charge is 0.433 e. The number of hydrogen-bond donors (Lipinski definition) is 1. The lowest BCUT2D eigenvalue weighted by Gasteiger charge is -2.42. The molecule has 0 saturated heterocycles. The first-order valence-electron chi connectivity index (χ1n) is 11.0. The Morgan fingerprint density at radius 2 is 1.94 bits per heavy atom. The van der Waals surface area contributed by atoms with Gasteiger partial charge in [0.15, 0.2) is 5.82 Å². The maximum Gasteiger partial charge on any atom is 0.433 e. The molecule has 2 aliphatic heterocycles. The maximum absolute atomic E-state index is 12.8. The molecule has 8 nitrogen and oxygen atoms in total. The lowest BCUT2D eigenvalue weighted by atomic mass is 9.89. The highest BCUT2D eigenvalue weighted by Gasteiger charge is 2.40. The number of rotatable bonds is 4. The van der Waals surface area contributed by atoms with Crippen molar-refractivity contribution in [1.29, 1.82) is 0 Å². The molecule has 33 heavy (non-hydrogen) atoms. The summed E-state index contributed by atoms with van der Waals surface area (Å²) < 4.78 is 44.3. The van der Waals surface area contributed by atoms with Crippen molar-refractivity contribution in [1.82, 2.24) is 15.0 Å². The SMILES string of the molecule is Cc1nc(C(F)(F)F)ccc1O[C@H]1C[C@H](Nc2nc3c4c(n2)N(C)[C@@H](C)C(=O)N4CCC3)C1. The van der Waals surface area contributed by atoms with Crippen molar-refractivity contribution in [3.63, 3.8) is 0 Å². The van der Waals surface area contributed by atoms with Crippen LogP contribution in [0.2, 0.25) is 0 Å². The Hall–Kier alpha value is -3.11. The van der Waals surface area contributed by atoms with Gasteiger partial charge in [-0.25, -0.2) is 9.97 Å². The van der Waals surface area contributed by atoms with E-state index in [4.69, 9.17) is 9.72 Å². The summed E-state index contributed by atoms with van der Waals surface area (Å²) in [5, 5.41) is 3.35. The highest BCUT2D eigenvalue weighted by atomic mass is 19.4. The summed E-state index contributed by atoms with van der Waals surface area (Å²) in [6, 6.07) is 2.08. The standard InChI is InChI=1S/C22H25F3N6O2/c1-11-16(6-7-17(26-11)22(23,24)25)33-14-9-13(10-14)27-21-28-15-5-4-8-31-18(15)19(29-21)30(3)12(2)20(31)32/h6-7,12-14H,4-5,8-10H2,1-3H3,(H,27,28,29)/t12-,13-,14-/m0/s1. The quantitative estimate of drug-likeness (QED) is 0.746. The van der Waals surface area contributed by atoms with E-state index in [1.807, 2.05) is 18.9 Å². The van der Waals surface area contributed by atoms with Crippen molar-refractivity contribution in [2.45, 2.75) is 63.9 Å². The summed E-state index contributed by atoms with van der Waals surface area (Å²) in [6.45, 7) is 4.07. The first kappa shape index (κ1) is 21.7. The number of anilines is 3. The molecule has 0 aromatic carbocycles. The van der Waals surface area contributed by atoms with Crippen LogP contribution in [0.3, 0.4) is 0 Å². The fourth-order valence-corrected chi connectivity index (χ4v) is 4.53. The van der Waals surface area contributed by atoms with Crippen molar-refractivity contribution in [3.8, 4) is 5.75 Å². The topological polar surface area (TPSA) is 83.5 Å². The zero-order chi connectivity index (χ0) is 23.5. The molecule has 4 heterocycles. The van der Waals surface area contributed by atoms with E-state index in [1.54, 1.807) is 4.90 Å². The van der Waals surface area contributed by atoms with Gasteiger partial charge < -0.3 is 19.9 Å². The number of carbonyl (C=O) groups is 1. The van der Waals surface area contributed by atoms with Gasteiger partial charge in [-0.1, -0.05) is 0 Å². The molecule has 0 unspecified atom stereocenters. The van der Waals surface area contributed by atoms with Crippen molar-refractivity contribution in [3.05, 3.63) is 29.2 Å². The van der Waals surface area contributed by atoms with Gasteiger partial charge >= 0.3 is 6.18 Å². The Bertz CT molecular complexity index is 1100. The Morgan fingerprint density at radius 1 is 1.18 bits per heavy atom. The predicted octanol–water partition coefficient (Wildman–Crippen LogP) is 3.34. The van der Waals surface area contributed by atoms with Gasteiger partial charge in [-0.05, 0) is 38.8 Å². The maximum atomic E-state index is 12.8. The second-order valence-corrected chi connectivity index (χ2v) is 8.88. The number of halogens is 3. The van der Waals surface area contributed by atoms with Gasteiger partial charge in [0.1, 0.15) is 29.3 Å². The van der Waals surface area contributed by atoms with Crippen molar-refractivity contribution in [2.75, 3.05) is 28.7 Å². The summed E-state index contributed by atoms with van der Waals surface area (Å²) in [6.07, 6.45) is -1.58. The molecule has 0 spiro atoms. The van der Waals surface area contributed by atoms with E-state index < -0.39 is 11.9 Å². The number of nitrogens with zero attached hydrogens (tertiary/aromatic N) is 5. The number of alkyl halides is 3. The van der Waals surface area contributed by atoms with Gasteiger partial charge in [0, 0.05) is 32.5 Å². The molecule has 2 aromatic heterocycles. The lowest BCUT2D eigenvalue weighted by Crippen LogP contribution is -2.53. The zero-order valence-corrected chi connectivity index (χ0v) is 18.6. The minimum absolute atomic E-state index is 0.0716. The summed E-state index contributed by atoms with van der Waals surface area (Å²) in [5.41, 5.74) is 0.986. The third-order valence-corrected chi connectivity index (χ3v) is 6.59. The summed E-state index contributed by atoms with van der Waals surface area (Å²) in [5.74, 6) is 1.71. The van der Waals surface area contributed by atoms with Crippen molar-refractivity contribution >= 4 is 23.4 Å². The van der Waals surface area contributed by atoms with Gasteiger partial charge in [0.05, 0.1) is 11.4 Å². The van der Waals surface area contributed by atoms with Crippen LogP contribution < -0.4 is 19.9 Å². The minimum Gasteiger partial charge on any atom is -0.488 e. The Kier molecular flexibility index (Phi) is 5.09. The monoisotopic (exact) mass is 462 g/mol. The predicted molar refractivity (Wildman–Crippen MR) is 116 cm³/mol. The van der Waals surface area contributed by atoms with Gasteiger partial charge in [0.2, 0.25) is 11.9 Å². The third kappa shape index (κ3) is 3.83. The first-order chi connectivity index (χ1) is 15.6. The molecule has 3 aliphatic rings. The molecule has 1 saturated carbocycles. The van der Waals surface area contributed by atoms with E-state index >= 15 is 0 Å². The highest BCUT2D eigenvalue weighted by Crippen LogP contribution is 2.40. The van der Waals surface area contributed by atoms with Crippen LogP contribution in [-0.2, 0) is 17.4 Å². The number of nitrogens with one attached hydrogen (secondary N) is 1. The molecule has 0 bridgehead atoms. The van der Waals surface area contributed by atoms with Gasteiger partial charge in [-0.15, -0.1) is 0 Å². The van der Waals surface area contributed by atoms with Crippen molar-refractivity contribution < 1.29 is 22.7 Å². The van der Waals surface area contributed by atoms with E-state index in [-0.39, 0.29) is 29.8 Å². The third-order valence-electron chi connectivity index (χ3n) is 6.59. The number of pyridine rings is 1. The second-order valence-electron chi connectivity index (χ2n) is 8.88. The molecule has 1 aliphatic carbocycles. The molecule has 1 amide bonds. The molecule has 0 radical (unpaired) electrons. The average molecular weight is 462 g/mol. The van der Waals surface area contributed by atoms with Crippen molar-refractivity contribution in [2.24, 2.45) is 0 Å². The fraction of sp³-hybridized carbons (Fsp3) is 0.545. The van der Waals surface area contributed by atoms with Gasteiger partial charge in [0.25, 0.3) is 0 Å². The van der Waals surface area contributed by atoms with Crippen LogP contribution in [0.1, 0.15) is 43.3 Å². The van der Waals surface area contributed by atoms with E-state index in [0.29, 0.717) is 31.1 Å². The molecule has 5 rings (SSSR count). The molecule has 2 aromatic rings. The summed E-state index contributed by atoms with van der Waals surface area (Å²) in [4.78, 5) is 29.3. The van der Waals surface area contributed by atoms with E-state index in [9.17, 15) is 18.0 Å². The first-order valence-corrected chi connectivity index (χ1v) is 11.0. The molecular weight excluding hydrogens is 437 g/mol. The normalized spacial score (nSPS) is 24.3. The second kappa shape index (κ2) is 7.74. The number of aryl methyl sites for hydroxylation is 2. The van der Waals surface area contributed by atoms with E-state index in [1.165, 1.54) is 13.0 Å². The Morgan fingerprint density at radius 3 is 2.64 bits per heavy atom. The lowest BCUT2D eigenvalue weighted by molar-refractivity contribution is -0.141. The number of ether oxygens (including phenoxy) is 1. The average Bonchev–Trinajstić information content (AvgIpc) is 2.74. The fourth-order valence-electron chi connectivity index (χ4n) is 4.53. The van der Waals surface area contributed by atoms with E-state index in [2.05, 4.69) is 15.3 Å². The number of amides is 1. The number of likely N-dealkylation sites (N-methyl/N-ethyl adjacent to an activating group) is 1. The largest absolute Gasteiger partial charge is 0.488 e. The van der Waals surface area contributed by atoms with Gasteiger partial charge in [-0.3, -0.25) is 4.79 Å². The van der Waals surface area contributed by atoms with Crippen LogP contribution in [0.25, 0.3) is 0 Å². The minimum atomic E-state index is -4.47. The Labute approximate surface area is 189 Å². The summed E-state index contributed by atoms with van der Waals surface area (Å²) in [7, 11) is 1.87. The summed E-state index contributed by atoms with van der Waals surface area (Å²) >= 11 is 0. The number of aromatic nitrogens is 3. The van der Waals surface area contributed by atoms with Gasteiger partial charge in [-0.2, -0.15) is 18.2 Å². The van der Waals surface area contributed by atoms with Crippen LogP contribution >= 0.6 is 0 Å². The van der Waals surface area contributed by atoms with Crippen LogP contribution in [0.15, 0.2) is 12.1 Å². The molecule has 11 heteroatoms.